The van der Waals surface area contributed by atoms with E-state index in [9.17, 15) is 4.79 Å². The lowest BCUT2D eigenvalue weighted by Crippen LogP contribution is -2.50. The normalized spacial score (nSPS) is 16.1. The maximum atomic E-state index is 13.3. The number of carbonyl (C=O) groups is 1. The van der Waals surface area contributed by atoms with E-state index < -0.39 is 5.60 Å². The number of methoxy groups -OCH3 is 1. The number of fused-ring (bicyclic) bond motifs is 4. The van der Waals surface area contributed by atoms with Gasteiger partial charge in [0.2, 0.25) is 0 Å². The van der Waals surface area contributed by atoms with Crippen molar-refractivity contribution in [2.24, 2.45) is 5.92 Å². The first-order valence-electron chi connectivity index (χ1n) is 11.9. The second kappa shape index (κ2) is 9.05. The summed E-state index contributed by atoms with van der Waals surface area (Å²) in [5, 5.41) is 0. The lowest BCUT2D eigenvalue weighted by atomic mass is 9.86. The van der Waals surface area contributed by atoms with E-state index in [1.807, 2.05) is 41.4 Å². The zero-order valence-corrected chi connectivity index (χ0v) is 20.0. The molecule has 7 nitrogen and oxygen atoms in total. The van der Waals surface area contributed by atoms with Crippen molar-refractivity contribution in [2.75, 3.05) is 26.8 Å². The summed E-state index contributed by atoms with van der Waals surface area (Å²) in [4.78, 5) is 19.7. The van der Waals surface area contributed by atoms with Crippen LogP contribution in [0.1, 0.15) is 49.2 Å². The van der Waals surface area contributed by atoms with Gasteiger partial charge in [-0.05, 0) is 54.8 Å². The lowest BCUT2D eigenvalue weighted by Gasteiger charge is -2.44. The number of piperidine rings is 1. The number of likely N-dealkylation sites (tertiary alicyclic amines) is 1. The Labute approximate surface area is 200 Å². The van der Waals surface area contributed by atoms with Crippen LogP contribution in [0.5, 0.6) is 17.2 Å². The third-order valence-corrected chi connectivity index (χ3v) is 6.72. The van der Waals surface area contributed by atoms with Crippen LogP contribution in [-0.2, 0) is 5.60 Å². The molecule has 178 valence electrons. The molecule has 0 atom stereocenters. The molecule has 2 aromatic heterocycles. The van der Waals surface area contributed by atoms with Crippen LogP contribution in [0.15, 0.2) is 54.9 Å². The number of hydrogen-bond acceptors (Lipinski definition) is 5. The Kier molecular flexibility index (Phi) is 5.94. The average molecular weight is 462 g/mol. The van der Waals surface area contributed by atoms with Crippen molar-refractivity contribution in [1.82, 2.24) is 14.5 Å². The van der Waals surface area contributed by atoms with Crippen LogP contribution >= 0.6 is 0 Å². The highest BCUT2D eigenvalue weighted by Crippen LogP contribution is 2.44. The van der Waals surface area contributed by atoms with Gasteiger partial charge in [0.1, 0.15) is 0 Å². The number of pyridine rings is 1. The summed E-state index contributed by atoms with van der Waals surface area (Å²) in [6, 6.07) is 13.4. The highest BCUT2D eigenvalue weighted by atomic mass is 16.5. The van der Waals surface area contributed by atoms with Crippen LogP contribution in [0.4, 0.5) is 0 Å². The zero-order chi connectivity index (χ0) is 23.7. The Bertz CT molecular complexity index is 1180. The molecule has 3 aromatic rings. The van der Waals surface area contributed by atoms with Crippen molar-refractivity contribution in [2.45, 2.75) is 38.7 Å². The van der Waals surface area contributed by atoms with E-state index in [-0.39, 0.29) is 5.91 Å². The molecule has 1 amide bonds. The quantitative estimate of drug-likeness (QED) is 0.526. The molecule has 7 heteroatoms. The number of carbonyl (C=O) groups excluding carboxylic acids is 1. The van der Waals surface area contributed by atoms with Crippen molar-refractivity contribution < 1.29 is 19.0 Å². The minimum Gasteiger partial charge on any atom is -0.493 e. The largest absolute Gasteiger partial charge is 0.493 e. The molecule has 1 saturated heterocycles. The van der Waals surface area contributed by atoms with Gasteiger partial charge in [0, 0.05) is 43.9 Å². The molecule has 0 radical (unpaired) electrons. The number of rotatable bonds is 6. The summed E-state index contributed by atoms with van der Waals surface area (Å²) < 4.78 is 20.0. The molecule has 34 heavy (non-hydrogen) atoms. The molecular weight excluding hydrogens is 430 g/mol. The fourth-order valence-electron chi connectivity index (χ4n) is 4.78. The molecule has 0 bridgehead atoms. The van der Waals surface area contributed by atoms with Gasteiger partial charge in [-0.2, -0.15) is 0 Å². The van der Waals surface area contributed by atoms with E-state index in [1.165, 1.54) is 0 Å². The van der Waals surface area contributed by atoms with E-state index in [1.54, 1.807) is 19.4 Å². The van der Waals surface area contributed by atoms with Crippen LogP contribution in [0.2, 0.25) is 0 Å². The molecule has 0 N–H and O–H groups in total. The van der Waals surface area contributed by atoms with Crippen LogP contribution < -0.4 is 14.2 Å². The topological polar surface area (TPSA) is 65.8 Å². The standard InChI is InChI=1S/C27H31N3O4/c1-19(2)10-17-33-21-9-8-20(18-23(21)32-3)26(31)29-15-11-27(12-16-29)24-7-5-14-30(24)25-22(34-27)6-4-13-28-25/h4-9,13-14,18-19H,10-12,15-17H2,1-3H3. The van der Waals surface area contributed by atoms with E-state index >= 15 is 0 Å². The van der Waals surface area contributed by atoms with Gasteiger partial charge in [0.25, 0.3) is 5.91 Å². The van der Waals surface area contributed by atoms with Gasteiger partial charge >= 0.3 is 0 Å². The van der Waals surface area contributed by atoms with Gasteiger partial charge in [0.15, 0.2) is 28.7 Å². The first kappa shape index (κ1) is 22.3. The minimum absolute atomic E-state index is 0.00450. The van der Waals surface area contributed by atoms with Crippen LogP contribution in [0.25, 0.3) is 5.82 Å². The number of nitrogens with zero attached hydrogens (tertiary/aromatic N) is 3. The first-order valence-corrected chi connectivity index (χ1v) is 11.9. The predicted octanol–water partition coefficient (Wildman–Crippen LogP) is 4.83. The maximum absolute atomic E-state index is 13.3. The second-order valence-corrected chi connectivity index (χ2v) is 9.37. The summed E-state index contributed by atoms with van der Waals surface area (Å²) in [5.74, 6) is 3.41. The summed E-state index contributed by atoms with van der Waals surface area (Å²) in [5.41, 5.74) is 1.24. The fraction of sp³-hybridized carbons (Fsp3) is 0.407. The molecule has 1 spiro atoms. The molecule has 1 fully saturated rings. The molecule has 0 saturated carbocycles. The van der Waals surface area contributed by atoms with Crippen LogP contribution in [0.3, 0.4) is 0 Å². The molecule has 5 rings (SSSR count). The van der Waals surface area contributed by atoms with Crippen molar-refractivity contribution >= 4 is 5.91 Å². The minimum atomic E-state index is -0.456. The molecule has 2 aliphatic rings. The predicted molar refractivity (Wildman–Crippen MR) is 129 cm³/mol. The summed E-state index contributed by atoms with van der Waals surface area (Å²) in [7, 11) is 1.60. The summed E-state index contributed by atoms with van der Waals surface area (Å²) in [6.45, 7) is 6.16. The number of amides is 1. The lowest BCUT2D eigenvalue weighted by molar-refractivity contribution is -0.00986. The summed E-state index contributed by atoms with van der Waals surface area (Å²) in [6.07, 6.45) is 6.20. The molecular formula is C27H31N3O4. The first-order chi connectivity index (χ1) is 16.5. The fourth-order valence-corrected chi connectivity index (χ4v) is 4.78. The Morgan fingerprint density at radius 2 is 1.97 bits per heavy atom. The van der Waals surface area contributed by atoms with Gasteiger partial charge in [-0.1, -0.05) is 13.8 Å². The Balaban J connectivity index is 1.30. The monoisotopic (exact) mass is 461 g/mol. The van der Waals surface area contributed by atoms with Crippen molar-refractivity contribution in [3.63, 3.8) is 0 Å². The van der Waals surface area contributed by atoms with Gasteiger partial charge < -0.3 is 19.1 Å². The van der Waals surface area contributed by atoms with Crippen LogP contribution in [0, 0.1) is 5.92 Å². The molecule has 4 heterocycles. The number of ether oxygens (including phenoxy) is 3. The van der Waals surface area contributed by atoms with Crippen LogP contribution in [-0.4, -0.2) is 47.2 Å². The van der Waals surface area contributed by atoms with E-state index in [2.05, 4.69) is 29.5 Å². The molecule has 2 aliphatic heterocycles. The molecule has 0 unspecified atom stereocenters. The summed E-state index contributed by atoms with van der Waals surface area (Å²) >= 11 is 0. The Morgan fingerprint density at radius 1 is 1.15 bits per heavy atom. The van der Waals surface area contributed by atoms with E-state index in [4.69, 9.17) is 14.2 Å². The maximum Gasteiger partial charge on any atom is 0.253 e. The Hall–Kier alpha value is -3.48. The van der Waals surface area contributed by atoms with E-state index in [0.717, 1.165) is 23.7 Å². The molecule has 0 aliphatic carbocycles. The third-order valence-electron chi connectivity index (χ3n) is 6.72. The zero-order valence-electron chi connectivity index (χ0n) is 20.0. The smallest absolute Gasteiger partial charge is 0.253 e. The highest BCUT2D eigenvalue weighted by molar-refractivity contribution is 5.95. The second-order valence-electron chi connectivity index (χ2n) is 9.37. The van der Waals surface area contributed by atoms with Crippen molar-refractivity contribution in [3.8, 4) is 23.1 Å². The van der Waals surface area contributed by atoms with Gasteiger partial charge in [-0.25, -0.2) is 4.98 Å². The Morgan fingerprint density at radius 3 is 2.74 bits per heavy atom. The van der Waals surface area contributed by atoms with Gasteiger partial charge in [-0.3, -0.25) is 9.36 Å². The SMILES string of the molecule is COc1cc(C(=O)N2CCC3(CC2)Oc2cccnc2-n2cccc23)ccc1OCCC(C)C. The number of aromatic nitrogens is 2. The van der Waals surface area contributed by atoms with E-state index in [0.29, 0.717) is 55.5 Å². The highest BCUT2D eigenvalue weighted by Gasteiger charge is 2.45. The number of benzene rings is 1. The third kappa shape index (κ3) is 4.00. The molecule has 1 aromatic carbocycles. The number of hydrogen-bond donors (Lipinski definition) is 0. The average Bonchev–Trinajstić information content (AvgIpc) is 3.36. The van der Waals surface area contributed by atoms with Gasteiger partial charge in [0.05, 0.1) is 19.4 Å². The van der Waals surface area contributed by atoms with Crippen molar-refractivity contribution in [3.05, 3.63) is 66.1 Å². The van der Waals surface area contributed by atoms with Gasteiger partial charge in [-0.15, -0.1) is 0 Å². The van der Waals surface area contributed by atoms with Crippen molar-refractivity contribution in [1.29, 1.82) is 0 Å².